The number of rotatable bonds is 4. The average molecular weight is 277 g/mol. The Balaban J connectivity index is 2.83. The van der Waals surface area contributed by atoms with Crippen molar-refractivity contribution in [2.45, 2.75) is 6.10 Å². The van der Waals surface area contributed by atoms with Crippen LogP contribution in [0.25, 0.3) is 0 Å². The summed E-state index contributed by atoms with van der Waals surface area (Å²) < 4.78 is 4.47. The van der Waals surface area contributed by atoms with Gasteiger partial charge in [-0.25, -0.2) is 0 Å². The van der Waals surface area contributed by atoms with Crippen molar-refractivity contribution in [2.75, 3.05) is 12.4 Å². The number of benzene rings is 1. The van der Waals surface area contributed by atoms with Gasteiger partial charge in [0.25, 0.3) is 5.91 Å². The van der Waals surface area contributed by atoms with Gasteiger partial charge in [-0.3, -0.25) is 4.79 Å². The first-order valence-electron chi connectivity index (χ1n) is 4.44. The van der Waals surface area contributed by atoms with Crippen molar-refractivity contribution in [3.05, 3.63) is 28.2 Å². The molecule has 0 aliphatic carbocycles. The van der Waals surface area contributed by atoms with E-state index in [-0.39, 0.29) is 5.69 Å². The molecular formula is C10H8Cl2NO4-. The van der Waals surface area contributed by atoms with Crippen LogP contribution in [0.5, 0.6) is 0 Å². The van der Waals surface area contributed by atoms with Crippen molar-refractivity contribution < 1.29 is 19.4 Å². The molecule has 0 radical (unpaired) electrons. The number of carbonyl (C=O) groups is 2. The normalized spacial score (nSPS) is 11.9. The van der Waals surface area contributed by atoms with Gasteiger partial charge in [-0.15, -0.1) is 0 Å². The molecule has 1 N–H and O–H groups in total. The maximum Gasteiger partial charge on any atom is 0.259 e. The van der Waals surface area contributed by atoms with E-state index in [0.29, 0.717) is 10.0 Å². The predicted octanol–water partition coefficient (Wildman–Crippen LogP) is 0.697. The van der Waals surface area contributed by atoms with Gasteiger partial charge in [0.1, 0.15) is 0 Å². The molecular weight excluding hydrogens is 269 g/mol. The third-order valence-corrected chi connectivity index (χ3v) is 2.25. The Morgan fingerprint density at radius 1 is 1.29 bits per heavy atom. The predicted molar refractivity (Wildman–Crippen MR) is 60.9 cm³/mol. The molecule has 5 nitrogen and oxygen atoms in total. The lowest BCUT2D eigenvalue weighted by Crippen LogP contribution is -2.45. The smallest absolute Gasteiger partial charge is 0.259 e. The number of halogens is 2. The number of aliphatic carboxylic acids is 1. The number of methoxy groups -OCH3 is 1. The van der Waals surface area contributed by atoms with Gasteiger partial charge in [0.15, 0.2) is 6.10 Å². The summed E-state index contributed by atoms with van der Waals surface area (Å²) in [5, 5.41) is 13.5. The summed E-state index contributed by atoms with van der Waals surface area (Å²) in [6, 6.07) is 4.33. The lowest BCUT2D eigenvalue weighted by molar-refractivity contribution is -0.313. The molecule has 0 saturated heterocycles. The summed E-state index contributed by atoms with van der Waals surface area (Å²) in [6.45, 7) is 0. The highest BCUT2D eigenvalue weighted by Gasteiger charge is 2.19. The van der Waals surface area contributed by atoms with E-state index in [1.54, 1.807) is 0 Å². The number of anilines is 1. The molecule has 7 heteroatoms. The number of carboxylic acid groups (broad SMARTS) is 1. The summed E-state index contributed by atoms with van der Waals surface area (Å²) in [6.07, 6.45) is -1.69. The SMILES string of the molecule is CO[C@@H](C(=O)[O-])C(=O)Nc1cc(Cl)cc(Cl)c1. The van der Waals surface area contributed by atoms with Crippen molar-refractivity contribution in [2.24, 2.45) is 0 Å². The van der Waals surface area contributed by atoms with Crippen LogP contribution in [0.4, 0.5) is 5.69 Å². The highest BCUT2D eigenvalue weighted by molar-refractivity contribution is 6.35. The Morgan fingerprint density at radius 2 is 1.82 bits per heavy atom. The van der Waals surface area contributed by atoms with Crippen LogP contribution in [0.3, 0.4) is 0 Å². The fourth-order valence-corrected chi connectivity index (χ4v) is 1.67. The number of hydrogen-bond donors (Lipinski definition) is 1. The number of carbonyl (C=O) groups excluding carboxylic acids is 2. The molecule has 92 valence electrons. The maximum absolute atomic E-state index is 11.5. The molecule has 0 aliphatic heterocycles. The Kier molecular flexibility index (Phi) is 4.74. The Hall–Kier alpha value is -1.30. The van der Waals surface area contributed by atoms with Crippen LogP contribution in [-0.4, -0.2) is 25.1 Å². The van der Waals surface area contributed by atoms with Crippen LogP contribution in [0, 0.1) is 0 Å². The summed E-state index contributed by atoms with van der Waals surface area (Å²) in [7, 11) is 1.09. The van der Waals surface area contributed by atoms with Gasteiger partial charge >= 0.3 is 0 Å². The fraction of sp³-hybridized carbons (Fsp3) is 0.200. The highest BCUT2D eigenvalue weighted by atomic mass is 35.5. The van der Waals surface area contributed by atoms with E-state index in [0.717, 1.165) is 7.11 Å². The summed E-state index contributed by atoms with van der Waals surface area (Å²) >= 11 is 11.4. The molecule has 0 aromatic heterocycles. The van der Waals surface area contributed by atoms with Crippen molar-refractivity contribution in [1.82, 2.24) is 0 Å². The van der Waals surface area contributed by atoms with Crippen molar-refractivity contribution in [1.29, 1.82) is 0 Å². The van der Waals surface area contributed by atoms with E-state index >= 15 is 0 Å². The number of carboxylic acids is 1. The first kappa shape index (κ1) is 13.8. The van der Waals surface area contributed by atoms with Gasteiger partial charge < -0.3 is 20.0 Å². The van der Waals surface area contributed by atoms with Gasteiger partial charge in [0.05, 0.1) is 5.97 Å². The zero-order valence-corrected chi connectivity index (χ0v) is 10.2. The first-order chi connectivity index (χ1) is 7.93. The summed E-state index contributed by atoms with van der Waals surface area (Å²) in [5.41, 5.74) is 0.274. The minimum absolute atomic E-state index is 0.274. The molecule has 0 aliphatic rings. The standard InChI is InChI=1S/C10H9Cl2NO4/c1-17-8(10(15)16)9(14)13-7-3-5(11)2-6(12)4-7/h2-4,8H,1H3,(H,13,14)(H,15,16)/p-1/t8-/m1/s1. The summed E-state index contributed by atoms with van der Waals surface area (Å²) in [4.78, 5) is 22.0. The molecule has 0 heterocycles. The van der Waals surface area contributed by atoms with Crippen LogP contribution in [0.15, 0.2) is 18.2 Å². The van der Waals surface area contributed by atoms with E-state index in [4.69, 9.17) is 23.2 Å². The molecule has 1 aromatic carbocycles. The maximum atomic E-state index is 11.5. The largest absolute Gasteiger partial charge is 0.547 e. The van der Waals surface area contributed by atoms with E-state index in [9.17, 15) is 14.7 Å². The Bertz CT molecular complexity index is 430. The second-order valence-electron chi connectivity index (χ2n) is 3.08. The van der Waals surface area contributed by atoms with Crippen LogP contribution in [-0.2, 0) is 14.3 Å². The lowest BCUT2D eigenvalue weighted by Gasteiger charge is -2.16. The molecule has 1 aromatic rings. The number of nitrogens with one attached hydrogen (secondary N) is 1. The van der Waals surface area contributed by atoms with Gasteiger partial charge in [0, 0.05) is 22.8 Å². The van der Waals surface area contributed by atoms with Crippen LogP contribution < -0.4 is 10.4 Å². The second kappa shape index (κ2) is 5.86. The number of hydrogen-bond acceptors (Lipinski definition) is 4. The minimum Gasteiger partial charge on any atom is -0.547 e. The zero-order chi connectivity index (χ0) is 13.0. The van der Waals surface area contributed by atoms with Crippen molar-refractivity contribution in [3.8, 4) is 0 Å². The molecule has 0 spiro atoms. The van der Waals surface area contributed by atoms with Crippen molar-refractivity contribution >= 4 is 40.8 Å². The average Bonchev–Trinajstić information content (AvgIpc) is 2.15. The van der Waals surface area contributed by atoms with Crippen LogP contribution >= 0.6 is 23.2 Å². The molecule has 17 heavy (non-hydrogen) atoms. The number of ether oxygens (including phenoxy) is 1. The van der Waals surface area contributed by atoms with Crippen LogP contribution in [0.1, 0.15) is 0 Å². The lowest BCUT2D eigenvalue weighted by atomic mass is 10.3. The van der Waals surface area contributed by atoms with E-state index in [1.807, 2.05) is 0 Å². The molecule has 0 fully saturated rings. The van der Waals surface area contributed by atoms with Crippen molar-refractivity contribution in [3.63, 3.8) is 0 Å². The number of amides is 1. The molecule has 0 unspecified atom stereocenters. The third kappa shape index (κ3) is 3.89. The van der Waals surface area contributed by atoms with E-state index < -0.39 is 18.0 Å². The molecule has 1 rings (SSSR count). The molecule has 1 atom stereocenters. The Morgan fingerprint density at radius 3 is 2.24 bits per heavy atom. The first-order valence-corrected chi connectivity index (χ1v) is 5.20. The topological polar surface area (TPSA) is 78.5 Å². The zero-order valence-electron chi connectivity index (χ0n) is 8.70. The monoisotopic (exact) mass is 276 g/mol. The van der Waals surface area contributed by atoms with Gasteiger partial charge in [-0.2, -0.15) is 0 Å². The fourth-order valence-electron chi connectivity index (χ4n) is 1.14. The Labute approximate surface area is 107 Å². The van der Waals surface area contributed by atoms with Gasteiger partial charge in [-0.1, -0.05) is 23.2 Å². The molecule has 0 bridgehead atoms. The van der Waals surface area contributed by atoms with E-state index in [2.05, 4.69) is 10.1 Å². The molecule has 0 saturated carbocycles. The van der Waals surface area contributed by atoms with Gasteiger partial charge in [0.2, 0.25) is 0 Å². The second-order valence-corrected chi connectivity index (χ2v) is 3.96. The highest BCUT2D eigenvalue weighted by Crippen LogP contribution is 2.22. The minimum atomic E-state index is -1.69. The molecule has 1 amide bonds. The van der Waals surface area contributed by atoms with Gasteiger partial charge in [-0.05, 0) is 18.2 Å². The van der Waals surface area contributed by atoms with Crippen LogP contribution in [0.2, 0.25) is 10.0 Å². The quantitative estimate of drug-likeness (QED) is 0.821. The third-order valence-electron chi connectivity index (χ3n) is 1.82. The van der Waals surface area contributed by atoms with E-state index in [1.165, 1.54) is 18.2 Å². The summed E-state index contributed by atoms with van der Waals surface area (Å²) in [5.74, 6) is -2.50.